The molecule has 1 aromatic heterocycles. The highest BCUT2D eigenvalue weighted by Crippen LogP contribution is 2.30. The number of hydrogen-bond donors (Lipinski definition) is 1. The summed E-state index contributed by atoms with van der Waals surface area (Å²) in [4.78, 5) is 6.97. The number of rotatable bonds is 2. The van der Waals surface area contributed by atoms with E-state index in [0.717, 1.165) is 16.3 Å². The van der Waals surface area contributed by atoms with Crippen molar-refractivity contribution in [1.29, 1.82) is 0 Å². The molecule has 2 aliphatic rings. The van der Waals surface area contributed by atoms with Crippen LogP contribution in [0.4, 0.5) is 5.69 Å². The number of fused-ring (bicyclic) bond motifs is 1. The van der Waals surface area contributed by atoms with E-state index in [4.69, 9.17) is 0 Å². The normalized spacial score (nSPS) is 28.4. The van der Waals surface area contributed by atoms with Gasteiger partial charge in [-0.2, -0.15) is 0 Å². The minimum atomic E-state index is 0.611. The maximum atomic E-state index is 4.35. The van der Waals surface area contributed by atoms with Crippen LogP contribution in [-0.4, -0.2) is 35.1 Å². The number of aromatic nitrogens is 1. The molecule has 0 radical (unpaired) electrons. The molecule has 0 spiro atoms. The van der Waals surface area contributed by atoms with Gasteiger partial charge in [0.15, 0.2) is 0 Å². The van der Waals surface area contributed by atoms with Gasteiger partial charge in [0.1, 0.15) is 4.60 Å². The van der Waals surface area contributed by atoms with Crippen LogP contribution in [0.3, 0.4) is 0 Å². The Bertz CT molecular complexity index is 421. The molecule has 2 saturated heterocycles. The third-order valence-corrected chi connectivity index (χ3v) is 4.80. The van der Waals surface area contributed by atoms with Gasteiger partial charge in [-0.1, -0.05) is 0 Å². The lowest BCUT2D eigenvalue weighted by Gasteiger charge is -2.22. The highest BCUT2D eigenvalue weighted by Gasteiger charge is 2.36. The fourth-order valence-corrected chi connectivity index (χ4v) is 3.32. The first kappa shape index (κ1) is 11.5. The minimum absolute atomic E-state index is 0.611. The first-order valence-corrected chi connectivity index (χ1v) is 7.16. The average Bonchev–Trinajstić information content (AvgIpc) is 2.88. The summed E-state index contributed by atoms with van der Waals surface area (Å²) >= 11 is 3.44. The minimum Gasteiger partial charge on any atom is -0.379 e. The Labute approximate surface area is 111 Å². The smallest absolute Gasteiger partial charge is 0.109 e. The number of halogens is 1. The number of aryl methyl sites for hydroxylation is 1. The summed E-state index contributed by atoms with van der Waals surface area (Å²) in [6.07, 6.45) is 5.90. The molecular formula is C13H18BrN3. The Hall–Kier alpha value is -0.610. The second-order valence-electron chi connectivity index (χ2n) is 5.12. The predicted octanol–water partition coefficient (Wildman–Crippen LogP) is 2.80. The largest absolute Gasteiger partial charge is 0.379 e. The standard InChI is InChI=1S/C13H18BrN3/c1-9-7-10(8-15-13(9)14)16-11-4-6-17-5-2-3-12(11)17/h7-8,11-12,16H,2-6H2,1H3. The molecule has 0 aliphatic carbocycles. The molecule has 2 aliphatic heterocycles. The molecule has 3 heterocycles. The molecule has 0 bridgehead atoms. The van der Waals surface area contributed by atoms with Gasteiger partial charge in [0.05, 0.1) is 11.9 Å². The van der Waals surface area contributed by atoms with Gasteiger partial charge in [0, 0.05) is 18.6 Å². The molecule has 2 atom stereocenters. The summed E-state index contributed by atoms with van der Waals surface area (Å²) in [6, 6.07) is 3.54. The van der Waals surface area contributed by atoms with Crippen LogP contribution in [0.5, 0.6) is 0 Å². The van der Waals surface area contributed by atoms with Crippen molar-refractivity contribution in [2.45, 2.75) is 38.3 Å². The number of nitrogens with zero attached hydrogens (tertiary/aromatic N) is 2. The molecule has 2 unspecified atom stereocenters. The molecular weight excluding hydrogens is 278 g/mol. The van der Waals surface area contributed by atoms with E-state index in [2.05, 4.69) is 44.1 Å². The molecule has 0 aromatic carbocycles. The maximum absolute atomic E-state index is 4.35. The van der Waals surface area contributed by atoms with Crippen molar-refractivity contribution < 1.29 is 0 Å². The third kappa shape index (κ3) is 2.20. The van der Waals surface area contributed by atoms with Crippen molar-refractivity contribution in [3.8, 4) is 0 Å². The van der Waals surface area contributed by atoms with Gasteiger partial charge < -0.3 is 5.32 Å². The van der Waals surface area contributed by atoms with Crippen LogP contribution >= 0.6 is 15.9 Å². The second-order valence-corrected chi connectivity index (χ2v) is 5.87. The number of nitrogens with one attached hydrogen (secondary N) is 1. The fourth-order valence-electron chi connectivity index (χ4n) is 3.10. The second kappa shape index (κ2) is 4.58. The quantitative estimate of drug-likeness (QED) is 0.851. The predicted molar refractivity (Wildman–Crippen MR) is 73.3 cm³/mol. The monoisotopic (exact) mass is 295 g/mol. The Morgan fingerprint density at radius 3 is 3.12 bits per heavy atom. The van der Waals surface area contributed by atoms with E-state index in [9.17, 15) is 0 Å². The Balaban J connectivity index is 1.72. The lowest BCUT2D eigenvalue weighted by molar-refractivity contribution is 0.318. The van der Waals surface area contributed by atoms with Gasteiger partial charge in [-0.25, -0.2) is 4.98 Å². The molecule has 0 amide bonds. The van der Waals surface area contributed by atoms with Crippen LogP contribution in [-0.2, 0) is 0 Å². The van der Waals surface area contributed by atoms with Crippen molar-refractivity contribution in [3.05, 3.63) is 22.4 Å². The van der Waals surface area contributed by atoms with E-state index in [1.807, 2.05) is 6.20 Å². The van der Waals surface area contributed by atoms with Gasteiger partial charge >= 0.3 is 0 Å². The van der Waals surface area contributed by atoms with Gasteiger partial charge in [0.2, 0.25) is 0 Å². The topological polar surface area (TPSA) is 28.2 Å². The summed E-state index contributed by atoms with van der Waals surface area (Å²) < 4.78 is 0.942. The average molecular weight is 296 g/mol. The molecule has 0 saturated carbocycles. The van der Waals surface area contributed by atoms with Gasteiger partial charge in [-0.3, -0.25) is 4.90 Å². The van der Waals surface area contributed by atoms with Gasteiger partial charge in [-0.05, 0) is 60.3 Å². The summed E-state index contributed by atoms with van der Waals surface area (Å²) in [5.74, 6) is 0. The summed E-state index contributed by atoms with van der Waals surface area (Å²) in [7, 11) is 0. The maximum Gasteiger partial charge on any atom is 0.109 e. The van der Waals surface area contributed by atoms with E-state index < -0.39 is 0 Å². The first-order chi connectivity index (χ1) is 8.24. The summed E-state index contributed by atoms with van der Waals surface area (Å²) in [5, 5.41) is 3.66. The van der Waals surface area contributed by atoms with Crippen molar-refractivity contribution in [2.75, 3.05) is 18.4 Å². The van der Waals surface area contributed by atoms with E-state index in [0.29, 0.717) is 6.04 Å². The van der Waals surface area contributed by atoms with E-state index in [1.165, 1.54) is 37.9 Å². The molecule has 2 fully saturated rings. The molecule has 3 nitrogen and oxygen atoms in total. The highest BCUT2D eigenvalue weighted by atomic mass is 79.9. The van der Waals surface area contributed by atoms with Crippen molar-refractivity contribution in [2.24, 2.45) is 0 Å². The van der Waals surface area contributed by atoms with E-state index in [-0.39, 0.29) is 0 Å². The van der Waals surface area contributed by atoms with Crippen molar-refractivity contribution in [3.63, 3.8) is 0 Å². The van der Waals surface area contributed by atoms with E-state index in [1.54, 1.807) is 0 Å². The lowest BCUT2D eigenvalue weighted by Crippen LogP contribution is -2.33. The van der Waals surface area contributed by atoms with Crippen LogP contribution in [0, 0.1) is 6.92 Å². The van der Waals surface area contributed by atoms with Crippen LogP contribution in [0.15, 0.2) is 16.9 Å². The van der Waals surface area contributed by atoms with Gasteiger partial charge in [0.25, 0.3) is 0 Å². The molecule has 4 heteroatoms. The molecule has 1 N–H and O–H groups in total. The van der Waals surface area contributed by atoms with Gasteiger partial charge in [-0.15, -0.1) is 0 Å². The summed E-state index contributed by atoms with van der Waals surface area (Å²) in [6.45, 7) is 4.63. The number of anilines is 1. The zero-order valence-electron chi connectivity index (χ0n) is 10.1. The Kier molecular flexibility index (Phi) is 3.09. The van der Waals surface area contributed by atoms with Crippen LogP contribution in [0.1, 0.15) is 24.8 Å². The fraction of sp³-hybridized carbons (Fsp3) is 0.615. The zero-order valence-corrected chi connectivity index (χ0v) is 11.7. The molecule has 3 rings (SSSR count). The van der Waals surface area contributed by atoms with Crippen molar-refractivity contribution in [1.82, 2.24) is 9.88 Å². The van der Waals surface area contributed by atoms with E-state index >= 15 is 0 Å². The molecule has 92 valence electrons. The SMILES string of the molecule is Cc1cc(NC2CCN3CCCC23)cnc1Br. The van der Waals surface area contributed by atoms with Crippen LogP contribution in [0.2, 0.25) is 0 Å². The highest BCUT2D eigenvalue weighted by molar-refractivity contribution is 9.10. The van der Waals surface area contributed by atoms with Crippen LogP contribution < -0.4 is 5.32 Å². The van der Waals surface area contributed by atoms with Crippen LogP contribution in [0.25, 0.3) is 0 Å². The Morgan fingerprint density at radius 1 is 1.41 bits per heavy atom. The zero-order chi connectivity index (χ0) is 11.8. The lowest BCUT2D eigenvalue weighted by atomic mass is 10.1. The van der Waals surface area contributed by atoms with Crippen molar-refractivity contribution >= 4 is 21.6 Å². The molecule has 1 aromatic rings. The first-order valence-electron chi connectivity index (χ1n) is 6.37. The molecule has 17 heavy (non-hydrogen) atoms. The summed E-state index contributed by atoms with van der Waals surface area (Å²) in [5.41, 5.74) is 2.35. The number of pyridine rings is 1. The third-order valence-electron chi connectivity index (χ3n) is 3.97. The Morgan fingerprint density at radius 2 is 2.29 bits per heavy atom. The number of hydrogen-bond acceptors (Lipinski definition) is 3.